The number of hydrogen-bond donors (Lipinski definition) is 1. The van der Waals surface area contributed by atoms with E-state index in [-0.39, 0.29) is 5.91 Å². The highest BCUT2D eigenvalue weighted by molar-refractivity contribution is 5.92. The van der Waals surface area contributed by atoms with Crippen molar-refractivity contribution in [2.75, 3.05) is 0 Å². The molecule has 0 fully saturated rings. The van der Waals surface area contributed by atoms with Crippen LogP contribution in [0.2, 0.25) is 0 Å². The fraction of sp³-hybridized carbons (Fsp3) is 0.650. The van der Waals surface area contributed by atoms with E-state index < -0.39 is 0 Å². The van der Waals surface area contributed by atoms with Crippen molar-refractivity contribution in [1.29, 1.82) is 0 Å². The molecule has 0 heterocycles. The van der Waals surface area contributed by atoms with E-state index in [4.69, 9.17) is 5.73 Å². The molecule has 0 radical (unpaired) electrons. The summed E-state index contributed by atoms with van der Waals surface area (Å²) in [4.78, 5) is 11.4. The fourth-order valence-corrected chi connectivity index (χ4v) is 3.06. The first-order chi connectivity index (χ1) is 10.7. The number of rotatable bonds is 12. The zero-order chi connectivity index (χ0) is 16.2. The van der Waals surface area contributed by atoms with Gasteiger partial charge in [0.05, 0.1) is 0 Å². The molecule has 0 aliphatic rings. The second kappa shape index (κ2) is 11.3. The summed E-state index contributed by atoms with van der Waals surface area (Å²) in [6, 6.07) is 7.96. The van der Waals surface area contributed by atoms with Gasteiger partial charge < -0.3 is 5.73 Å². The summed E-state index contributed by atoms with van der Waals surface area (Å²) in [7, 11) is 0. The molecule has 124 valence electrons. The summed E-state index contributed by atoms with van der Waals surface area (Å²) in [5.74, 6) is 0.255. The fourth-order valence-electron chi connectivity index (χ4n) is 3.06. The predicted molar refractivity (Wildman–Crippen MR) is 95.2 cm³/mol. The third-order valence-corrected chi connectivity index (χ3v) is 4.45. The predicted octanol–water partition coefficient (Wildman–Crippen LogP) is 5.81. The summed E-state index contributed by atoms with van der Waals surface area (Å²) in [6.45, 7) is 4.50. The smallest absolute Gasteiger partial charge is 0.248 e. The quantitative estimate of drug-likeness (QED) is 0.486. The summed E-state index contributed by atoms with van der Waals surface area (Å²) >= 11 is 0. The number of hydrogen-bond acceptors (Lipinski definition) is 1. The lowest BCUT2D eigenvalue weighted by Crippen LogP contribution is -2.11. The molecule has 0 aliphatic heterocycles. The molecule has 0 atom stereocenters. The largest absolute Gasteiger partial charge is 0.366 e. The average molecular weight is 303 g/mol. The third-order valence-electron chi connectivity index (χ3n) is 4.45. The summed E-state index contributed by atoms with van der Waals surface area (Å²) < 4.78 is 0. The lowest BCUT2D eigenvalue weighted by Gasteiger charge is -2.18. The number of nitrogens with two attached hydrogens (primary N) is 1. The Hall–Kier alpha value is -1.31. The van der Waals surface area contributed by atoms with Gasteiger partial charge in [-0.2, -0.15) is 0 Å². The molecule has 0 saturated heterocycles. The summed E-state index contributed by atoms with van der Waals surface area (Å²) in [5.41, 5.74) is 7.36. The van der Waals surface area contributed by atoms with Gasteiger partial charge in [-0.1, -0.05) is 77.3 Å². The zero-order valence-corrected chi connectivity index (χ0v) is 14.4. The molecule has 0 aliphatic carbocycles. The zero-order valence-electron chi connectivity index (χ0n) is 14.4. The molecule has 0 aromatic heterocycles. The number of carbonyl (C=O) groups is 1. The maximum atomic E-state index is 11.4. The SMILES string of the molecule is CCCCCCC(CCCCCC)c1cccc(C(N)=O)c1. The van der Waals surface area contributed by atoms with Crippen LogP contribution in [0, 0.1) is 0 Å². The second-order valence-electron chi connectivity index (χ2n) is 6.39. The Balaban J connectivity index is 2.65. The summed E-state index contributed by atoms with van der Waals surface area (Å²) in [5, 5.41) is 0. The summed E-state index contributed by atoms with van der Waals surface area (Å²) in [6.07, 6.45) is 12.9. The molecule has 1 aromatic carbocycles. The van der Waals surface area contributed by atoms with Gasteiger partial charge in [0, 0.05) is 5.56 Å². The van der Waals surface area contributed by atoms with Crippen LogP contribution in [-0.4, -0.2) is 5.91 Å². The highest BCUT2D eigenvalue weighted by Crippen LogP contribution is 2.29. The molecule has 2 heteroatoms. The van der Waals surface area contributed by atoms with Gasteiger partial charge in [-0.15, -0.1) is 0 Å². The molecular weight excluding hydrogens is 270 g/mol. The Labute approximate surface area is 136 Å². The van der Waals surface area contributed by atoms with Crippen molar-refractivity contribution >= 4 is 5.91 Å². The lowest BCUT2D eigenvalue weighted by molar-refractivity contribution is 0.1000. The van der Waals surface area contributed by atoms with Crippen LogP contribution in [0.25, 0.3) is 0 Å². The minimum Gasteiger partial charge on any atom is -0.366 e. The van der Waals surface area contributed by atoms with Crippen molar-refractivity contribution in [3.05, 3.63) is 35.4 Å². The third kappa shape index (κ3) is 7.11. The number of unbranched alkanes of at least 4 members (excludes halogenated alkanes) is 6. The van der Waals surface area contributed by atoms with Crippen LogP contribution in [0.5, 0.6) is 0 Å². The first-order valence-electron chi connectivity index (χ1n) is 9.08. The molecule has 0 spiro atoms. The van der Waals surface area contributed by atoms with Gasteiger partial charge in [-0.25, -0.2) is 0 Å². The van der Waals surface area contributed by atoms with Crippen molar-refractivity contribution in [3.8, 4) is 0 Å². The van der Waals surface area contributed by atoms with Crippen LogP contribution in [0.3, 0.4) is 0 Å². The van der Waals surface area contributed by atoms with E-state index in [9.17, 15) is 4.79 Å². The van der Waals surface area contributed by atoms with Crippen molar-refractivity contribution in [3.63, 3.8) is 0 Å². The van der Waals surface area contributed by atoms with Crippen LogP contribution in [0.15, 0.2) is 24.3 Å². The first kappa shape index (κ1) is 18.7. The highest BCUT2D eigenvalue weighted by atomic mass is 16.1. The Bertz CT molecular complexity index is 415. The molecule has 1 amide bonds. The van der Waals surface area contributed by atoms with Crippen LogP contribution in [-0.2, 0) is 0 Å². The molecule has 0 unspecified atom stereocenters. The average Bonchev–Trinajstić information content (AvgIpc) is 2.53. The van der Waals surface area contributed by atoms with Crippen LogP contribution in [0.4, 0.5) is 0 Å². The van der Waals surface area contributed by atoms with Gasteiger partial charge in [0.1, 0.15) is 0 Å². The van der Waals surface area contributed by atoms with Gasteiger partial charge in [0.15, 0.2) is 0 Å². The van der Waals surface area contributed by atoms with Gasteiger partial charge in [-0.05, 0) is 36.5 Å². The van der Waals surface area contributed by atoms with E-state index >= 15 is 0 Å². The molecule has 22 heavy (non-hydrogen) atoms. The number of primary amides is 1. The Morgan fingerprint density at radius 1 is 0.955 bits per heavy atom. The number of amides is 1. The number of carbonyl (C=O) groups excluding carboxylic acids is 1. The minimum absolute atomic E-state index is 0.322. The molecule has 2 N–H and O–H groups in total. The lowest BCUT2D eigenvalue weighted by atomic mass is 9.87. The van der Waals surface area contributed by atoms with Gasteiger partial charge >= 0.3 is 0 Å². The Morgan fingerprint density at radius 3 is 2.05 bits per heavy atom. The van der Waals surface area contributed by atoms with Crippen molar-refractivity contribution in [2.45, 2.75) is 84.0 Å². The van der Waals surface area contributed by atoms with Gasteiger partial charge in [0.2, 0.25) is 5.91 Å². The monoisotopic (exact) mass is 303 g/mol. The molecule has 1 aromatic rings. The molecule has 0 bridgehead atoms. The van der Waals surface area contributed by atoms with E-state index in [0.717, 1.165) is 0 Å². The second-order valence-corrected chi connectivity index (χ2v) is 6.39. The van der Waals surface area contributed by atoms with E-state index in [2.05, 4.69) is 19.9 Å². The molecular formula is C20H33NO. The van der Waals surface area contributed by atoms with E-state index in [1.807, 2.05) is 18.2 Å². The number of benzene rings is 1. The van der Waals surface area contributed by atoms with Gasteiger partial charge in [0.25, 0.3) is 0 Å². The van der Waals surface area contributed by atoms with Crippen molar-refractivity contribution < 1.29 is 4.79 Å². The maximum Gasteiger partial charge on any atom is 0.248 e. The van der Waals surface area contributed by atoms with Crippen LogP contribution < -0.4 is 5.73 Å². The Morgan fingerprint density at radius 2 is 1.55 bits per heavy atom. The van der Waals surface area contributed by atoms with Crippen molar-refractivity contribution in [1.82, 2.24) is 0 Å². The van der Waals surface area contributed by atoms with E-state index in [1.165, 1.54) is 69.8 Å². The van der Waals surface area contributed by atoms with E-state index in [0.29, 0.717) is 11.5 Å². The van der Waals surface area contributed by atoms with Crippen molar-refractivity contribution in [2.24, 2.45) is 5.73 Å². The normalized spacial score (nSPS) is 11.0. The Kier molecular flexibility index (Phi) is 9.61. The topological polar surface area (TPSA) is 43.1 Å². The standard InChI is InChI=1S/C20H33NO/c1-3-5-7-9-12-17(13-10-8-6-4-2)18-14-11-15-19(16-18)20(21)22/h11,14-17H,3-10,12-13H2,1-2H3,(H2,21,22). The highest BCUT2D eigenvalue weighted by Gasteiger charge is 2.13. The molecule has 0 saturated carbocycles. The van der Waals surface area contributed by atoms with E-state index in [1.54, 1.807) is 0 Å². The minimum atomic E-state index is -0.322. The van der Waals surface area contributed by atoms with Crippen LogP contribution >= 0.6 is 0 Å². The maximum absolute atomic E-state index is 11.4. The first-order valence-corrected chi connectivity index (χ1v) is 9.08. The molecule has 1 rings (SSSR count). The molecule has 2 nitrogen and oxygen atoms in total. The van der Waals surface area contributed by atoms with Gasteiger partial charge in [-0.3, -0.25) is 4.79 Å². The van der Waals surface area contributed by atoms with Crippen LogP contribution in [0.1, 0.15) is 99.9 Å².